The monoisotopic (exact) mass is 233 g/mol. The van der Waals surface area contributed by atoms with Gasteiger partial charge in [-0.2, -0.15) is 11.8 Å². The Labute approximate surface area is 97.3 Å². The van der Waals surface area contributed by atoms with Gasteiger partial charge >= 0.3 is 0 Å². The summed E-state index contributed by atoms with van der Waals surface area (Å²) >= 11 is 2.05. The van der Waals surface area contributed by atoms with Gasteiger partial charge in [0.1, 0.15) is 0 Å². The molecule has 0 aliphatic carbocycles. The lowest BCUT2D eigenvalue weighted by atomic mass is 10.3. The van der Waals surface area contributed by atoms with Crippen LogP contribution in [0.4, 0.5) is 0 Å². The number of methoxy groups -OCH3 is 1. The number of rotatable bonds is 7. The molecule has 0 spiro atoms. The first kappa shape index (κ1) is 13.3. The molecule has 0 aromatic heterocycles. The maximum absolute atomic E-state index is 5.55. The zero-order chi connectivity index (χ0) is 11.1. The van der Waals surface area contributed by atoms with Crippen molar-refractivity contribution in [3.05, 3.63) is 0 Å². The van der Waals surface area contributed by atoms with Crippen LogP contribution in [0.15, 0.2) is 0 Å². The highest BCUT2D eigenvalue weighted by Gasteiger charge is 2.26. The van der Waals surface area contributed by atoms with Crippen molar-refractivity contribution in [1.82, 2.24) is 5.32 Å². The summed E-state index contributed by atoms with van der Waals surface area (Å²) in [5, 5.41) is 4.72. The Kier molecular flexibility index (Phi) is 6.64. The van der Waals surface area contributed by atoms with Gasteiger partial charge in [0.15, 0.2) is 0 Å². The molecule has 4 heteroatoms. The summed E-state index contributed by atoms with van der Waals surface area (Å²) in [5.41, 5.74) is 0. The topological polar surface area (TPSA) is 30.5 Å². The summed E-state index contributed by atoms with van der Waals surface area (Å²) in [6.07, 6.45) is 1.63. The molecule has 0 saturated carbocycles. The van der Waals surface area contributed by atoms with E-state index in [1.807, 2.05) is 11.8 Å². The third-order valence-corrected chi connectivity index (χ3v) is 4.23. The molecular weight excluding hydrogens is 210 g/mol. The van der Waals surface area contributed by atoms with E-state index in [0.29, 0.717) is 16.6 Å². The molecule has 1 rings (SSSR count). The highest BCUT2D eigenvalue weighted by Crippen LogP contribution is 2.29. The van der Waals surface area contributed by atoms with E-state index in [0.717, 1.165) is 26.3 Å². The van der Waals surface area contributed by atoms with E-state index >= 15 is 0 Å². The van der Waals surface area contributed by atoms with E-state index in [-0.39, 0.29) is 0 Å². The van der Waals surface area contributed by atoms with Crippen LogP contribution in [0.5, 0.6) is 0 Å². The second kappa shape index (κ2) is 7.49. The summed E-state index contributed by atoms with van der Waals surface area (Å²) in [6.45, 7) is 8.17. The van der Waals surface area contributed by atoms with Crippen molar-refractivity contribution in [3.8, 4) is 0 Å². The number of hydrogen-bond acceptors (Lipinski definition) is 4. The lowest BCUT2D eigenvalue weighted by molar-refractivity contribution is 0.127. The summed E-state index contributed by atoms with van der Waals surface area (Å²) < 4.78 is 10.5. The van der Waals surface area contributed by atoms with Gasteiger partial charge < -0.3 is 14.8 Å². The normalized spacial score (nSPS) is 28.2. The van der Waals surface area contributed by atoms with E-state index in [1.54, 1.807) is 7.11 Å². The van der Waals surface area contributed by atoms with Gasteiger partial charge in [-0.1, -0.05) is 6.92 Å². The molecule has 0 bridgehead atoms. The summed E-state index contributed by atoms with van der Waals surface area (Å²) in [5.74, 6) is 0. The van der Waals surface area contributed by atoms with Gasteiger partial charge in [-0.25, -0.2) is 0 Å². The summed E-state index contributed by atoms with van der Waals surface area (Å²) in [6, 6.07) is 0. The molecule has 1 heterocycles. The van der Waals surface area contributed by atoms with E-state index in [4.69, 9.17) is 9.47 Å². The first-order chi connectivity index (χ1) is 7.24. The van der Waals surface area contributed by atoms with Crippen molar-refractivity contribution in [1.29, 1.82) is 0 Å². The average Bonchev–Trinajstić information content (AvgIpc) is 2.59. The molecule has 90 valence electrons. The van der Waals surface area contributed by atoms with Crippen molar-refractivity contribution in [2.24, 2.45) is 0 Å². The van der Waals surface area contributed by atoms with Crippen LogP contribution in [0.2, 0.25) is 0 Å². The smallest absolute Gasteiger partial charge is 0.0666 e. The van der Waals surface area contributed by atoms with E-state index in [9.17, 15) is 0 Å². The molecule has 15 heavy (non-hydrogen) atoms. The number of ether oxygens (including phenoxy) is 2. The maximum Gasteiger partial charge on any atom is 0.0666 e. The van der Waals surface area contributed by atoms with E-state index in [2.05, 4.69) is 19.2 Å². The minimum atomic E-state index is 0.427. The molecule has 1 saturated heterocycles. The van der Waals surface area contributed by atoms with Crippen LogP contribution in [0.3, 0.4) is 0 Å². The molecule has 0 amide bonds. The average molecular weight is 233 g/mol. The molecule has 3 nitrogen and oxygen atoms in total. The zero-order valence-corrected chi connectivity index (χ0v) is 10.8. The van der Waals surface area contributed by atoms with E-state index < -0.39 is 0 Å². The molecule has 1 aliphatic rings. The Bertz CT molecular complexity index is 169. The quantitative estimate of drug-likeness (QED) is 0.675. The van der Waals surface area contributed by atoms with Gasteiger partial charge in [-0.15, -0.1) is 0 Å². The number of nitrogens with one attached hydrogen (secondary N) is 1. The van der Waals surface area contributed by atoms with Gasteiger partial charge in [0.25, 0.3) is 0 Å². The van der Waals surface area contributed by atoms with Gasteiger partial charge in [0.05, 0.1) is 12.7 Å². The van der Waals surface area contributed by atoms with Gasteiger partial charge in [-0.05, 0) is 13.3 Å². The molecule has 1 aliphatic heterocycles. The Morgan fingerprint density at radius 1 is 1.60 bits per heavy atom. The highest BCUT2D eigenvalue weighted by molar-refractivity contribution is 8.00. The Balaban J connectivity index is 2.04. The fourth-order valence-corrected chi connectivity index (χ4v) is 3.06. The van der Waals surface area contributed by atoms with Crippen LogP contribution in [-0.4, -0.2) is 50.0 Å². The predicted octanol–water partition coefficient (Wildman–Crippen LogP) is 1.52. The van der Waals surface area contributed by atoms with Crippen LogP contribution in [0.1, 0.15) is 20.3 Å². The van der Waals surface area contributed by atoms with Crippen LogP contribution >= 0.6 is 11.8 Å². The molecule has 0 radical (unpaired) electrons. The summed E-state index contributed by atoms with van der Waals surface area (Å²) in [7, 11) is 1.73. The third-order valence-electron chi connectivity index (χ3n) is 2.63. The largest absolute Gasteiger partial charge is 0.383 e. The van der Waals surface area contributed by atoms with Crippen LogP contribution < -0.4 is 5.32 Å². The number of thioether (sulfide) groups is 1. The predicted molar refractivity (Wildman–Crippen MR) is 65.6 cm³/mol. The molecule has 0 aromatic rings. The van der Waals surface area contributed by atoms with Crippen molar-refractivity contribution in [2.45, 2.75) is 36.9 Å². The minimum absolute atomic E-state index is 0.427. The fraction of sp³-hybridized carbons (Fsp3) is 1.00. The second-order valence-corrected chi connectivity index (χ2v) is 5.73. The van der Waals surface area contributed by atoms with E-state index in [1.165, 1.54) is 6.42 Å². The first-order valence-corrected chi connectivity index (χ1v) is 6.65. The molecule has 1 fully saturated rings. The molecular formula is C11H23NO2S. The molecule has 0 aromatic carbocycles. The maximum atomic E-state index is 5.55. The van der Waals surface area contributed by atoms with Crippen LogP contribution in [-0.2, 0) is 9.47 Å². The van der Waals surface area contributed by atoms with Crippen molar-refractivity contribution in [3.63, 3.8) is 0 Å². The van der Waals surface area contributed by atoms with Crippen molar-refractivity contribution < 1.29 is 9.47 Å². The van der Waals surface area contributed by atoms with Crippen LogP contribution in [0, 0.1) is 0 Å². The summed E-state index contributed by atoms with van der Waals surface area (Å²) in [4.78, 5) is 0. The molecule has 3 unspecified atom stereocenters. The highest BCUT2D eigenvalue weighted by atomic mass is 32.2. The molecule has 3 atom stereocenters. The van der Waals surface area contributed by atoms with Gasteiger partial charge in [0, 0.05) is 37.3 Å². The van der Waals surface area contributed by atoms with Crippen molar-refractivity contribution in [2.75, 3.05) is 33.4 Å². The van der Waals surface area contributed by atoms with Gasteiger partial charge in [0.2, 0.25) is 0 Å². The lowest BCUT2D eigenvalue weighted by Gasteiger charge is -2.19. The lowest BCUT2D eigenvalue weighted by Crippen LogP contribution is -2.28. The minimum Gasteiger partial charge on any atom is -0.383 e. The molecule has 1 N–H and O–H groups in total. The number of hydrogen-bond donors (Lipinski definition) is 1. The van der Waals surface area contributed by atoms with Crippen molar-refractivity contribution >= 4 is 11.8 Å². The van der Waals surface area contributed by atoms with Crippen LogP contribution in [0.25, 0.3) is 0 Å². The Morgan fingerprint density at radius 3 is 3.00 bits per heavy atom. The first-order valence-electron chi connectivity index (χ1n) is 5.70. The standard InChI is InChI=1S/C11H23NO2S/c1-9(8-12-5-7-13-3)15-11-4-6-14-10(11)2/h9-12H,4-8H2,1-3H3. The fourth-order valence-electron chi connectivity index (χ4n) is 1.72. The second-order valence-electron chi connectivity index (χ2n) is 4.05. The van der Waals surface area contributed by atoms with Gasteiger partial charge in [-0.3, -0.25) is 0 Å². The third kappa shape index (κ3) is 5.20. The Hall–Kier alpha value is 0.230. The zero-order valence-electron chi connectivity index (χ0n) is 9.99. The Morgan fingerprint density at radius 2 is 2.40 bits per heavy atom. The SMILES string of the molecule is COCCNCC(C)SC1CCOC1C.